The summed E-state index contributed by atoms with van der Waals surface area (Å²) >= 11 is 4.99. The fourth-order valence-corrected chi connectivity index (χ4v) is 2.85. The molecule has 0 saturated heterocycles. The molecular formula is C15H17BrN2O2S. The Morgan fingerprint density at radius 3 is 3.05 bits per heavy atom. The quantitative estimate of drug-likeness (QED) is 0.758. The molecule has 0 aliphatic rings. The lowest BCUT2D eigenvalue weighted by atomic mass is 10.3. The van der Waals surface area contributed by atoms with Crippen LogP contribution in [0.4, 0.5) is 0 Å². The van der Waals surface area contributed by atoms with Gasteiger partial charge < -0.3 is 10.1 Å². The van der Waals surface area contributed by atoms with E-state index in [1.165, 1.54) is 0 Å². The summed E-state index contributed by atoms with van der Waals surface area (Å²) in [6.07, 6.45) is 2.96. The smallest absolute Gasteiger partial charge is 0.220 e. The first-order chi connectivity index (χ1) is 10.1. The van der Waals surface area contributed by atoms with E-state index in [4.69, 9.17) is 4.74 Å². The molecule has 2 aromatic rings. The Balaban J connectivity index is 1.61. The highest BCUT2D eigenvalue weighted by Gasteiger charge is 2.03. The van der Waals surface area contributed by atoms with Gasteiger partial charge in [0, 0.05) is 22.0 Å². The van der Waals surface area contributed by atoms with Crippen LogP contribution < -0.4 is 10.1 Å². The Morgan fingerprint density at radius 2 is 2.33 bits per heavy atom. The molecule has 0 aliphatic carbocycles. The normalized spacial score (nSPS) is 10.4. The van der Waals surface area contributed by atoms with Crippen LogP contribution in [0.3, 0.4) is 0 Å². The summed E-state index contributed by atoms with van der Waals surface area (Å²) in [5, 5.41) is 3.90. The predicted molar refractivity (Wildman–Crippen MR) is 87.6 cm³/mol. The van der Waals surface area contributed by atoms with Crippen molar-refractivity contribution < 1.29 is 9.53 Å². The minimum Gasteiger partial charge on any atom is -0.494 e. The molecule has 1 aromatic heterocycles. The van der Waals surface area contributed by atoms with Crippen LogP contribution >= 0.6 is 27.3 Å². The Labute approximate surface area is 136 Å². The SMILES string of the molecule is Cc1ncc(CNC(=O)CCCOc2cccc(Br)c2)s1. The molecule has 4 nitrogen and oxygen atoms in total. The van der Waals surface area contributed by atoms with Crippen molar-refractivity contribution in [1.29, 1.82) is 0 Å². The highest BCUT2D eigenvalue weighted by Crippen LogP contribution is 2.17. The van der Waals surface area contributed by atoms with Gasteiger partial charge in [-0.1, -0.05) is 22.0 Å². The Kier molecular flexibility index (Phi) is 6.20. The van der Waals surface area contributed by atoms with Crippen LogP contribution in [0.25, 0.3) is 0 Å². The van der Waals surface area contributed by atoms with Gasteiger partial charge in [0.25, 0.3) is 0 Å². The number of benzene rings is 1. The van der Waals surface area contributed by atoms with E-state index in [1.54, 1.807) is 17.5 Å². The molecule has 0 saturated carbocycles. The average Bonchev–Trinajstić information content (AvgIpc) is 2.87. The third-order valence-corrected chi connectivity index (χ3v) is 4.15. The van der Waals surface area contributed by atoms with Crippen LogP contribution in [0.1, 0.15) is 22.7 Å². The zero-order chi connectivity index (χ0) is 15.1. The summed E-state index contributed by atoms with van der Waals surface area (Å²) in [6, 6.07) is 7.67. The minimum atomic E-state index is 0.0406. The predicted octanol–water partition coefficient (Wildman–Crippen LogP) is 3.69. The molecule has 2 rings (SSSR count). The first-order valence-electron chi connectivity index (χ1n) is 6.70. The van der Waals surface area contributed by atoms with E-state index in [0.29, 0.717) is 26.0 Å². The lowest BCUT2D eigenvalue weighted by Crippen LogP contribution is -2.22. The van der Waals surface area contributed by atoms with Crippen molar-refractivity contribution in [2.75, 3.05) is 6.61 Å². The molecule has 0 radical (unpaired) electrons. The number of nitrogens with zero attached hydrogens (tertiary/aromatic N) is 1. The van der Waals surface area contributed by atoms with Gasteiger partial charge in [0.1, 0.15) is 5.75 Å². The van der Waals surface area contributed by atoms with Gasteiger partial charge in [0.15, 0.2) is 0 Å². The standard InChI is InChI=1S/C15H17BrN2O2S/c1-11-17-9-14(21-11)10-18-15(19)6-3-7-20-13-5-2-4-12(16)8-13/h2,4-5,8-9H,3,6-7,10H2,1H3,(H,18,19). The van der Waals surface area contributed by atoms with Crippen LogP contribution in [0.15, 0.2) is 34.9 Å². The van der Waals surface area contributed by atoms with E-state index in [-0.39, 0.29) is 5.91 Å². The number of hydrogen-bond acceptors (Lipinski definition) is 4. The summed E-state index contributed by atoms with van der Waals surface area (Å²) < 4.78 is 6.57. The summed E-state index contributed by atoms with van der Waals surface area (Å²) in [5.74, 6) is 0.851. The molecule has 0 unspecified atom stereocenters. The maximum absolute atomic E-state index is 11.7. The maximum atomic E-state index is 11.7. The molecule has 0 atom stereocenters. The molecule has 1 heterocycles. The second-order valence-electron chi connectivity index (χ2n) is 4.53. The van der Waals surface area contributed by atoms with Crippen LogP contribution in [-0.2, 0) is 11.3 Å². The van der Waals surface area contributed by atoms with Crippen molar-refractivity contribution in [3.8, 4) is 5.75 Å². The second kappa shape index (κ2) is 8.14. The zero-order valence-corrected chi connectivity index (χ0v) is 14.2. The highest BCUT2D eigenvalue weighted by atomic mass is 79.9. The van der Waals surface area contributed by atoms with E-state index >= 15 is 0 Å². The summed E-state index contributed by atoms with van der Waals surface area (Å²) in [6.45, 7) is 3.04. The number of rotatable bonds is 7. The van der Waals surface area contributed by atoms with Gasteiger partial charge in [-0.15, -0.1) is 11.3 Å². The zero-order valence-electron chi connectivity index (χ0n) is 11.8. The lowest BCUT2D eigenvalue weighted by molar-refractivity contribution is -0.121. The molecular weight excluding hydrogens is 352 g/mol. The van der Waals surface area contributed by atoms with Crippen molar-refractivity contribution in [2.24, 2.45) is 0 Å². The third-order valence-electron chi connectivity index (χ3n) is 2.74. The molecule has 6 heteroatoms. The van der Waals surface area contributed by atoms with Gasteiger partial charge in [0.2, 0.25) is 5.91 Å². The van der Waals surface area contributed by atoms with Crippen LogP contribution in [0, 0.1) is 6.92 Å². The number of amides is 1. The number of thiazole rings is 1. The fraction of sp³-hybridized carbons (Fsp3) is 0.333. The van der Waals surface area contributed by atoms with Gasteiger partial charge >= 0.3 is 0 Å². The van der Waals surface area contributed by atoms with Gasteiger partial charge in [-0.3, -0.25) is 4.79 Å². The van der Waals surface area contributed by atoms with E-state index in [9.17, 15) is 4.79 Å². The minimum absolute atomic E-state index is 0.0406. The number of carbonyl (C=O) groups excluding carboxylic acids is 1. The summed E-state index contributed by atoms with van der Waals surface area (Å²) in [5.41, 5.74) is 0. The molecule has 0 spiro atoms. The molecule has 0 bridgehead atoms. The number of halogens is 1. The molecule has 21 heavy (non-hydrogen) atoms. The monoisotopic (exact) mass is 368 g/mol. The van der Waals surface area contributed by atoms with E-state index < -0.39 is 0 Å². The third kappa shape index (κ3) is 5.85. The number of carbonyl (C=O) groups is 1. The van der Waals surface area contributed by atoms with Crippen molar-refractivity contribution in [3.05, 3.63) is 44.8 Å². The number of nitrogens with one attached hydrogen (secondary N) is 1. The fourth-order valence-electron chi connectivity index (χ4n) is 1.74. The number of aryl methyl sites for hydroxylation is 1. The highest BCUT2D eigenvalue weighted by molar-refractivity contribution is 9.10. The number of aromatic nitrogens is 1. The summed E-state index contributed by atoms with van der Waals surface area (Å²) in [7, 11) is 0. The molecule has 1 N–H and O–H groups in total. The van der Waals surface area contributed by atoms with Crippen LogP contribution in [-0.4, -0.2) is 17.5 Å². The van der Waals surface area contributed by atoms with E-state index in [1.807, 2.05) is 31.2 Å². The topological polar surface area (TPSA) is 51.2 Å². The second-order valence-corrected chi connectivity index (χ2v) is 6.77. The van der Waals surface area contributed by atoms with Gasteiger partial charge in [-0.25, -0.2) is 4.98 Å². The van der Waals surface area contributed by atoms with Crippen molar-refractivity contribution in [1.82, 2.24) is 10.3 Å². The number of hydrogen-bond donors (Lipinski definition) is 1. The first-order valence-corrected chi connectivity index (χ1v) is 8.31. The van der Waals surface area contributed by atoms with Crippen LogP contribution in [0.5, 0.6) is 5.75 Å². The maximum Gasteiger partial charge on any atom is 0.220 e. The van der Waals surface area contributed by atoms with Crippen LogP contribution in [0.2, 0.25) is 0 Å². The molecule has 0 aliphatic heterocycles. The van der Waals surface area contributed by atoms with Crippen molar-refractivity contribution >= 4 is 33.2 Å². The molecule has 112 valence electrons. The largest absolute Gasteiger partial charge is 0.494 e. The lowest BCUT2D eigenvalue weighted by Gasteiger charge is -2.06. The van der Waals surface area contributed by atoms with Gasteiger partial charge in [-0.2, -0.15) is 0 Å². The Hall–Kier alpha value is -1.40. The molecule has 1 amide bonds. The Morgan fingerprint density at radius 1 is 1.48 bits per heavy atom. The molecule has 0 fully saturated rings. The first kappa shape index (κ1) is 16.0. The van der Waals surface area contributed by atoms with E-state index in [2.05, 4.69) is 26.2 Å². The summed E-state index contributed by atoms with van der Waals surface area (Å²) in [4.78, 5) is 16.9. The van der Waals surface area contributed by atoms with E-state index in [0.717, 1.165) is 20.1 Å². The van der Waals surface area contributed by atoms with Crippen molar-refractivity contribution in [2.45, 2.75) is 26.3 Å². The average molecular weight is 369 g/mol. The Bertz CT molecular complexity index is 601. The molecule has 1 aromatic carbocycles. The van der Waals surface area contributed by atoms with Gasteiger partial charge in [0.05, 0.1) is 18.2 Å². The number of ether oxygens (including phenoxy) is 1. The van der Waals surface area contributed by atoms with Crippen molar-refractivity contribution in [3.63, 3.8) is 0 Å². The van der Waals surface area contributed by atoms with Gasteiger partial charge in [-0.05, 0) is 31.5 Å².